The summed E-state index contributed by atoms with van der Waals surface area (Å²) in [6.07, 6.45) is 5.53. The minimum Gasteiger partial charge on any atom is -0.434 e. The van der Waals surface area contributed by atoms with Crippen molar-refractivity contribution in [3.05, 3.63) is 98.8 Å². The molecule has 4 aromatic rings. The average Bonchev–Trinajstić information content (AvgIpc) is 3.44. The molecular weight excluding hydrogens is 550 g/mol. The van der Waals surface area contributed by atoms with Gasteiger partial charge in [-0.25, -0.2) is 26.9 Å². The van der Waals surface area contributed by atoms with Gasteiger partial charge in [-0.2, -0.15) is 5.10 Å². The van der Waals surface area contributed by atoms with Crippen LogP contribution in [0.3, 0.4) is 0 Å². The number of aromatic nitrogens is 3. The van der Waals surface area contributed by atoms with Crippen molar-refractivity contribution >= 4 is 39.1 Å². The first kappa shape index (κ1) is 26.5. The van der Waals surface area contributed by atoms with Gasteiger partial charge in [0.1, 0.15) is 11.6 Å². The highest BCUT2D eigenvalue weighted by Gasteiger charge is 2.26. The number of aryl methyl sites for hydroxylation is 1. The van der Waals surface area contributed by atoms with Crippen molar-refractivity contribution in [1.29, 1.82) is 0 Å². The Morgan fingerprint density at radius 3 is 2.64 bits per heavy atom. The molecule has 1 aliphatic carbocycles. The molecule has 0 spiro atoms. The van der Waals surface area contributed by atoms with Gasteiger partial charge < -0.3 is 10.5 Å². The van der Waals surface area contributed by atoms with Crippen LogP contribution in [-0.2, 0) is 22.0 Å². The Labute approximate surface area is 227 Å². The van der Waals surface area contributed by atoms with Crippen molar-refractivity contribution in [1.82, 2.24) is 14.8 Å². The first-order valence-corrected chi connectivity index (χ1v) is 14.0. The lowest BCUT2D eigenvalue weighted by molar-refractivity contribution is 0.103. The molecule has 8 nitrogen and oxygen atoms in total. The Kier molecular flexibility index (Phi) is 6.73. The fourth-order valence-corrected chi connectivity index (χ4v) is 5.30. The molecule has 0 atom stereocenters. The Bertz CT molecular complexity index is 1780. The SMILES string of the molecule is Cc1cc(-n2ncc(C(=O)C3=Cc4cc(F)c(CS(C)(=O)=O)cc4C3)c2N)cnc1Oc1c(F)cccc1Cl. The van der Waals surface area contributed by atoms with Gasteiger partial charge in [0.25, 0.3) is 0 Å². The van der Waals surface area contributed by atoms with Gasteiger partial charge in [-0.05, 0) is 48.4 Å². The van der Waals surface area contributed by atoms with Crippen molar-refractivity contribution in [2.45, 2.75) is 19.1 Å². The summed E-state index contributed by atoms with van der Waals surface area (Å²) in [5.74, 6) is -2.06. The number of pyridine rings is 1. The van der Waals surface area contributed by atoms with E-state index in [0.717, 1.165) is 6.26 Å². The smallest absolute Gasteiger partial charge is 0.222 e. The summed E-state index contributed by atoms with van der Waals surface area (Å²) in [5.41, 5.74) is 8.97. The molecule has 1 aliphatic rings. The van der Waals surface area contributed by atoms with Crippen LogP contribution in [0.1, 0.15) is 32.6 Å². The maximum Gasteiger partial charge on any atom is 0.222 e. The molecule has 2 aromatic heterocycles. The number of benzene rings is 2. The highest BCUT2D eigenvalue weighted by Crippen LogP contribution is 2.34. The molecule has 0 saturated heterocycles. The number of anilines is 1. The first-order chi connectivity index (χ1) is 18.4. The van der Waals surface area contributed by atoms with E-state index in [2.05, 4.69) is 10.1 Å². The second kappa shape index (κ2) is 9.90. The molecule has 5 rings (SSSR count). The molecule has 0 amide bonds. The average molecular weight is 571 g/mol. The molecule has 0 unspecified atom stereocenters. The van der Waals surface area contributed by atoms with Crippen LogP contribution in [0.15, 0.2) is 54.4 Å². The predicted octanol–water partition coefficient (Wildman–Crippen LogP) is 5.25. The molecule has 200 valence electrons. The van der Waals surface area contributed by atoms with E-state index in [0.29, 0.717) is 28.0 Å². The van der Waals surface area contributed by atoms with Gasteiger partial charge >= 0.3 is 0 Å². The minimum absolute atomic E-state index is 0.0539. The Morgan fingerprint density at radius 1 is 1.18 bits per heavy atom. The van der Waals surface area contributed by atoms with Crippen LogP contribution in [-0.4, -0.2) is 35.2 Å². The van der Waals surface area contributed by atoms with Crippen molar-refractivity contribution in [2.75, 3.05) is 12.0 Å². The van der Waals surface area contributed by atoms with Crippen LogP contribution >= 0.6 is 11.6 Å². The highest BCUT2D eigenvalue weighted by atomic mass is 35.5. The number of allylic oxidation sites excluding steroid dienone is 1. The van der Waals surface area contributed by atoms with E-state index in [1.165, 1.54) is 47.4 Å². The fraction of sp³-hybridized carbons (Fsp3) is 0.148. The second-order valence-corrected chi connectivity index (χ2v) is 11.8. The lowest BCUT2D eigenvalue weighted by atomic mass is 10.0. The zero-order valence-corrected chi connectivity index (χ0v) is 22.3. The van der Waals surface area contributed by atoms with Gasteiger partial charge in [0, 0.05) is 29.4 Å². The molecule has 0 aliphatic heterocycles. The third-order valence-electron chi connectivity index (χ3n) is 6.16. The number of ketones is 1. The monoisotopic (exact) mass is 570 g/mol. The Balaban J connectivity index is 1.38. The number of ether oxygens (including phenoxy) is 1. The van der Waals surface area contributed by atoms with Crippen molar-refractivity contribution in [3.8, 4) is 17.3 Å². The molecule has 12 heteroatoms. The third kappa shape index (κ3) is 5.27. The predicted molar refractivity (Wildman–Crippen MR) is 143 cm³/mol. The lowest BCUT2D eigenvalue weighted by Crippen LogP contribution is -2.09. The summed E-state index contributed by atoms with van der Waals surface area (Å²) < 4.78 is 58.7. The van der Waals surface area contributed by atoms with Gasteiger partial charge in [-0.15, -0.1) is 0 Å². The van der Waals surface area contributed by atoms with E-state index in [-0.39, 0.29) is 45.8 Å². The summed E-state index contributed by atoms with van der Waals surface area (Å²) in [6.45, 7) is 1.70. The molecule has 2 aromatic carbocycles. The zero-order chi connectivity index (χ0) is 28.1. The van der Waals surface area contributed by atoms with Crippen LogP contribution in [0.5, 0.6) is 11.6 Å². The van der Waals surface area contributed by atoms with Gasteiger partial charge in [0.05, 0.1) is 34.4 Å². The number of hydrogen-bond donors (Lipinski definition) is 1. The van der Waals surface area contributed by atoms with Gasteiger partial charge in [0.15, 0.2) is 27.2 Å². The minimum atomic E-state index is -3.43. The molecule has 2 heterocycles. The summed E-state index contributed by atoms with van der Waals surface area (Å²) in [5, 5.41) is 4.33. The Morgan fingerprint density at radius 2 is 1.95 bits per heavy atom. The maximum atomic E-state index is 14.5. The number of fused-ring (bicyclic) bond motifs is 1. The molecular formula is C27H21ClF2N4O4S. The van der Waals surface area contributed by atoms with Crippen LogP contribution in [0, 0.1) is 18.6 Å². The number of nitrogens with two attached hydrogens (primary N) is 1. The van der Waals surface area contributed by atoms with Gasteiger partial charge in [-0.3, -0.25) is 4.79 Å². The van der Waals surface area contributed by atoms with Crippen LogP contribution in [0.4, 0.5) is 14.6 Å². The summed E-state index contributed by atoms with van der Waals surface area (Å²) >= 11 is 6.03. The molecule has 0 fully saturated rings. The first-order valence-electron chi connectivity index (χ1n) is 11.6. The number of hydrogen-bond acceptors (Lipinski definition) is 7. The molecule has 0 bridgehead atoms. The number of para-hydroxylation sites is 1. The highest BCUT2D eigenvalue weighted by molar-refractivity contribution is 7.89. The van der Waals surface area contributed by atoms with Crippen LogP contribution < -0.4 is 10.5 Å². The van der Waals surface area contributed by atoms with E-state index in [1.54, 1.807) is 19.1 Å². The number of sulfone groups is 1. The third-order valence-corrected chi connectivity index (χ3v) is 7.29. The van der Waals surface area contributed by atoms with E-state index < -0.39 is 27.2 Å². The zero-order valence-electron chi connectivity index (χ0n) is 20.7. The fourth-order valence-electron chi connectivity index (χ4n) is 4.31. The van der Waals surface area contributed by atoms with E-state index in [4.69, 9.17) is 22.1 Å². The molecule has 39 heavy (non-hydrogen) atoms. The maximum absolute atomic E-state index is 14.5. The quantitative estimate of drug-likeness (QED) is 0.302. The number of rotatable bonds is 7. The molecule has 0 radical (unpaired) electrons. The van der Waals surface area contributed by atoms with Crippen molar-refractivity contribution < 1.29 is 26.7 Å². The van der Waals surface area contributed by atoms with Gasteiger partial charge in [-0.1, -0.05) is 23.7 Å². The summed E-state index contributed by atoms with van der Waals surface area (Å²) in [4.78, 5) is 17.5. The number of carbonyl (C=O) groups is 1. The number of nitrogens with zero attached hydrogens (tertiary/aromatic N) is 3. The van der Waals surface area contributed by atoms with Crippen LogP contribution in [0.25, 0.3) is 11.8 Å². The largest absolute Gasteiger partial charge is 0.434 e. The number of halogens is 3. The normalized spacial score (nSPS) is 12.8. The van der Waals surface area contributed by atoms with Crippen LogP contribution in [0.2, 0.25) is 5.02 Å². The molecule has 2 N–H and O–H groups in total. The topological polar surface area (TPSA) is 117 Å². The van der Waals surface area contributed by atoms with E-state index >= 15 is 0 Å². The Hall–Kier alpha value is -4.09. The number of carbonyl (C=O) groups excluding carboxylic acids is 1. The number of Topliss-reactive ketones (excluding diaryl/α,β-unsaturated/α-hetero) is 1. The van der Waals surface area contributed by atoms with E-state index in [1.807, 2.05) is 0 Å². The summed E-state index contributed by atoms with van der Waals surface area (Å²) in [7, 11) is -3.43. The lowest BCUT2D eigenvalue weighted by Gasteiger charge is -2.11. The summed E-state index contributed by atoms with van der Waals surface area (Å²) in [6, 6.07) is 8.54. The second-order valence-electron chi connectivity index (χ2n) is 9.21. The standard InChI is InChI=1S/C27H21ClF2N4O4S/c1-14-6-19(11-32-27(14)38-25-21(28)4-3-5-22(25)29)34-26(31)20(12-33-34)24(35)17-7-15-9-18(13-39(2,36)37)23(30)10-16(15)8-17/h3-6,8-12H,7,13,31H2,1-2H3. The van der Waals surface area contributed by atoms with Crippen molar-refractivity contribution in [2.24, 2.45) is 0 Å². The number of nitrogen functional groups attached to an aromatic ring is 1. The van der Waals surface area contributed by atoms with E-state index in [9.17, 15) is 22.0 Å². The molecule has 0 saturated carbocycles. The van der Waals surface area contributed by atoms with Gasteiger partial charge in [0.2, 0.25) is 5.88 Å². The van der Waals surface area contributed by atoms with Crippen molar-refractivity contribution in [3.63, 3.8) is 0 Å².